The van der Waals surface area contributed by atoms with E-state index in [1.807, 2.05) is 4.90 Å². The lowest BCUT2D eigenvalue weighted by Crippen LogP contribution is -2.50. The summed E-state index contributed by atoms with van der Waals surface area (Å²) in [6, 6.07) is 0. The lowest BCUT2D eigenvalue weighted by molar-refractivity contribution is -0.133. The SMILES string of the molecule is COCCCC(=O)N1CCN(CC(C)O)CC1. The number of carbonyl (C=O) groups is 1. The first-order valence-electron chi connectivity index (χ1n) is 6.30. The van der Waals surface area contributed by atoms with E-state index >= 15 is 0 Å². The van der Waals surface area contributed by atoms with Gasteiger partial charge in [0.2, 0.25) is 5.91 Å². The predicted octanol–water partition coefficient (Wildman–Crippen LogP) is -0.0620. The molecule has 1 aliphatic heterocycles. The fourth-order valence-electron chi connectivity index (χ4n) is 2.08. The van der Waals surface area contributed by atoms with Crippen LogP contribution >= 0.6 is 0 Å². The van der Waals surface area contributed by atoms with E-state index < -0.39 is 0 Å². The second-order valence-corrected chi connectivity index (χ2v) is 4.63. The molecule has 1 aliphatic rings. The van der Waals surface area contributed by atoms with Crippen molar-refractivity contribution in [1.82, 2.24) is 9.80 Å². The van der Waals surface area contributed by atoms with Gasteiger partial charge in [0.05, 0.1) is 6.10 Å². The number of aliphatic hydroxyl groups is 1. The number of β-amino-alcohol motifs (C(OH)–C–C–N with tert-alkyl or cyclic N) is 1. The molecule has 17 heavy (non-hydrogen) atoms. The Hall–Kier alpha value is -0.650. The zero-order chi connectivity index (χ0) is 12.7. The van der Waals surface area contributed by atoms with Gasteiger partial charge in [0.15, 0.2) is 0 Å². The second-order valence-electron chi connectivity index (χ2n) is 4.63. The number of amides is 1. The third kappa shape index (κ3) is 5.48. The lowest BCUT2D eigenvalue weighted by Gasteiger charge is -2.35. The van der Waals surface area contributed by atoms with Crippen molar-refractivity contribution in [3.05, 3.63) is 0 Å². The molecule has 1 unspecified atom stereocenters. The monoisotopic (exact) mass is 244 g/mol. The van der Waals surface area contributed by atoms with Gasteiger partial charge < -0.3 is 14.7 Å². The van der Waals surface area contributed by atoms with Crippen LogP contribution in [-0.4, -0.2) is 73.4 Å². The van der Waals surface area contributed by atoms with E-state index in [1.165, 1.54) is 0 Å². The largest absolute Gasteiger partial charge is 0.392 e. The summed E-state index contributed by atoms with van der Waals surface area (Å²) in [5.74, 6) is 0.221. The van der Waals surface area contributed by atoms with Crippen LogP contribution in [0.4, 0.5) is 0 Å². The molecule has 5 heteroatoms. The van der Waals surface area contributed by atoms with E-state index in [-0.39, 0.29) is 12.0 Å². The fraction of sp³-hybridized carbons (Fsp3) is 0.917. The molecule has 1 amide bonds. The summed E-state index contributed by atoms with van der Waals surface area (Å²) in [7, 11) is 1.65. The molecule has 0 radical (unpaired) electrons. The van der Waals surface area contributed by atoms with E-state index in [1.54, 1.807) is 14.0 Å². The van der Waals surface area contributed by atoms with Crippen LogP contribution in [-0.2, 0) is 9.53 Å². The molecule has 1 fully saturated rings. The molecule has 0 bridgehead atoms. The first-order valence-corrected chi connectivity index (χ1v) is 6.30. The number of rotatable bonds is 6. The first kappa shape index (κ1) is 14.4. The summed E-state index contributed by atoms with van der Waals surface area (Å²) in [6.07, 6.45) is 1.08. The van der Waals surface area contributed by atoms with E-state index in [0.717, 1.165) is 32.6 Å². The van der Waals surface area contributed by atoms with Crippen LogP contribution in [0.5, 0.6) is 0 Å². The molecule has 0 spiro atoms. The number of carbonyl (C=O) groups excluding carboxylic acids is 1. The first-order chi connectivity index (χ1) is 8.13. The molecule has 0 aromatic heterocycles. The van der Waals surface area contributed by atoms with Crippen molar-refractivity contribution in [3.8, 4) is 0 Å². The maximum Gasteiger partial charge on any atom is 0.222 e. The van der Waals surface area contributed by atoms with E-state index in [4.69, 9.17) is 4.74 Å². The Balaban J connectivity index is 2.19. The van der Waals surface area contributed by atoms with Crippen LogP contribution in [0.3, 0.4) is 0 Å². The molecule has 100 valence electrons. The minimum absolute atomic E-state index is 0.221. The Morgan fingerprint density at radius 1 is 1.35 bits per heavy atom. The zero-order valence-corrected chi connectivity index (χ0v) is 10.9. The molecule has 1 saturated heterocycles. The molecule has 1 N–H and O–H groups in total. The Kier molecular flexibility index (Phi) is 6.47. The summed E-state index contributed by atoms with van der Waals surface area (Å²) in [4.78, 5) is 15.9. The van der Waals surface area contributed by atoms with Crippen LogP contribution in [0, 0.1) is 0 Å². The Morgan fingerprint density at radius 3 is 2.53 bits per heavy atom. The maximum atomic E-state index is 11.8. The molecular formula is C12H24N2O3. The summed E-state index contributed by atoms with van der Waals surface area (Å²) in [5.41, 5.74) is 0. The second kappa shape index (κ2) is 7.63. The minimum Gasteiger partial charge on any atom is -0.392 e. The van der Waals surface area contributed by atoms with Gasteiger partial charge in [-0.1, -0.05) is 0 Å². The quantitative estimate of drug-likeness (QED) is 0.665. The molecule has 0 saturated carbocycles. The normalized spacial score (nSPS) is 19.4. The fourth-order valence-corrected chi connectivity index (χ4v) is 2.08. The number of methoxy groups -OCH3 is 1. The molecular weight excluding hydrogens is 220 g/mol. The predicted molar refractivity (Wildman–Crippen MR) is 65.8 cm³/mol. The smallest absolute Gasteiger partial charge is 0.222 e. The van der Waals surface area contributed by atoms with Crippen LogP contribution in [0.25, 0.3) is 0 Å². The Morgan fingerprint density at radius 2 is 2.00 bits per heavy atom. The average molecular weight is 244 g/mol. The maximum absolute atomic E-state index is 11.8. The number of ether oxygens (including phenoxy) is 1. The molecule has 1 atom stereocenters. The number of aliphatic hydroxyl groups excluding tert-OH is 1. The number of hydrogen-bond acceptors (Lipinski definition) is 4. The third-order valence-corrected chi connectivity index (χ3v) is 2.99. The van der Waals surface area contributed by atoms with Gasteiger partial charge in [-0.25, -0.2) is 0 Å². The van der Waals surface area contributed by atoms with Crippen molar-refractivity contribution in [2.45, 2.75) is 25.9 Å². The summed E-state index contributed by atoms with van der Waals surface area (Å²) < 4.78 is 4.93. The highest BCUT2D eigenvalue weighted by Gasteiger charge is 2.20. The van der Waals surface area contributed by atoms with E-state index in [0.29, 0.717) is 19.6 Å². The van der Waals surface area contributed by atoms with Crippen LogP contribution in [0.15, 0.2) is 0 Å². The van der Waals surface area contributed by atoms with Crippen molar-refractivity contribution in [1.29, 1.82) is 0 Å². The molecule has 0 aromatic carbocycles. The molecule has 5 nitrogen and oxygen atoms in total. The van der Waals surface area contributed by atoms with Crippen molar-refractivity contribution in [3.63, 3.8) is 0 Å². The van der Waals surface area contributed by atoms with Crippen LogP contribution < -0.4 is 0 Å². The summed E-state index contributed by atoms with van der Waals surface area (Å²) >= 11 is 0. The van der Waals surface area contributed by atoms with Gasteiger partial charge in [0, 0.05) is 52.9 Å². The van der Waals surface area contributed by atoms with Gasteiger partial charge in [0.1, 0.15) is 0 Å². The zero-order valence-electron chi connectivity index (χ0n) is 10.9. The minimum atomic E-state index is -0.293. The molecule has 0 aliphatic carbocycles. The highest BCUT2D eigenvalue weighted by Crippen LogP contribution is 2.05. The molecule has 1 rings (SSSR count). The Labute approximate surface area is 103 Å². The topological polar surface area (TPSA) is 53.0 Å². The van der Waals surface area contributed by atoms with E-state index in [9.17, 15) is 9.90 Å². The van der Waals surface area contributed by atoms with E-state index in [2.05, 4.69) is 4.90 Å². The number of hydrogen-bond donors (Lipinski definition) is 1. The van der Waals surface area contributed by atoms with Crippen molar-refractivity contribution >= 4 is 5.91 Å². The highest BCUT2D eigenvalue weighted by atomic mass is 16.5. The van der Waals surface area contributed by atoms with Gasteiger partial charge in [-0.15, -0.1) is 0 Å². The van der Waals surface area contributed by atoms with Crippen molar-refractivity contribution in [2.24, 2.45) is 0 Å². The Bertz CT molecular complexity index is 226. The third-order valence-electron chi connectivity index (χ3n) is 2.99. The average Bonchev–Trinajstić information content (AvgIpc) is 2.29. The summed E-state index contributed by atoms with van der Waals surface area (Å²) in [5, 5.41) is 9.29. The standard InChI is InChI=1S/C12H24N2O3/c1-11(15)10-13-5-7-14(8-6-13)12(16)4-3-9-17-2/h11,15H,3-10H2,1-2H3. The van der Waals surface area contributed by atoms with Crippen molar-refractivity contribution < 1.29 is 14.6 Å². The highest BCUT2D eigenvalue weighted by molar-refractivity contribution is 5.76. The summed E-state index contributed by atoms with van der Waals surface area (Å²) in [6.45, 7) is 6.42. The molecule has 1 heterocycles. The van der Waals surface area contributed by atoms with Crippen LogP contribution in [0.2, 0.25) is 0 Å². The lowest BCUT2D eigenvalue weighted by atomic mass is 10.2. The van der Waals surface area contributed by atoms with Gasteiger partial charge >= 0.3 is 0 Å². The molecule has 0 aromatic rings. The number of nitrogens with zero attached hydrogens (tertiary/aromatic N) is 2. The van der Waals surface area contributed by atoms with Gasteiger partial charge in [-0.05, 0) is 13.3 Å². The number of piperazine rings is 1. The van der Waals surface area contributed by atoms with Gasteiger partial charge in [-0.2, -0.15) is 0 Å². The van der Waals surface area contributed by atoms with Gasteiger partial charge in [-0.3, -0.25) is 9.69 Å². The van der Waals surface area contributed by atoms with Crippen molar-refractivity contribution in [2.75, 3.05) is 46.4 Å². The van der Waals surface area contributed by atoms with Gasteiger partial charge in [0.25, 0.3) is 0 Å². The van der Waals surface area contributed by atoms with Crippen LogP contribution in [0.1, 0.15) is 19.8 Å².